The fraction of sp³-hybridized carbons (Fsp3) is 0.143. The third-order valence-electron chi connectivity index (χ3n) is 4.65. The molecule has 3 aromatic carbocycles. The molecule has 0 aliphatic rings. The predicted octanol–water partition coefficient (Wildman–Crippen LogP) is 6.39. The minimum absolute atomic E-state index is 0.557. The van der Waals surface area contributed by atoms with Crippen molar-refractivity contribution >= 4 is 62.3 Å². The van der Waals surface area contributed by atoms with Crippen LogP contribution in [0.4, 0.5) is 5.69 Å². The van der Waals surface area contributed by atoms with Gasteiger partial charge in [0, 0.05) is 39.1 Å². The molecular formula is C21H18Cl3N3. The number of nitrogens with one attached hydrogen (secondary N) is 2. The first-order chi connectivity index (χ1) is 13.0. The van der Waals surface area contributed by atoms with Crippen LogP contribution < -0.4 is 11.1 Å². The van der Waals surface area contributed by atoms with Gasteiger partial charge < -0.3 is 16.0 Å². The van der Waals surface area contributed by atoms with Gasteiger partial charge in [0.1, 0.15) is 0 Å². The third-order valence-corrected chi connectivity index (χ3v) is 5.62. The summed E-state index contributed by atoms with van der Waals surface area (Å²) in [5.41, 5.74) is 11.3. The maximum Gasteiger partial charge on any atom is 0.0595 e. The van der Waals surface area contributed by atoms with E-state index in [9.17, 15) is 0 Å². The van der Waals surface area contributed by atoms with E-state index in [2.05, 4.69) is 22.4 Å². The van der Waals surface area contributed by atoms with Crippen molar-refractivity contribution in [2.24, 2.45) is 5.73 Å². The van der Waals surface area contributed by atoms with Crippen LogP contribution in [0, 0.1) is 0 Å². The van der Waals surface area contributed by atoms with Crippen LogP contribution in [-0.4, -0.2) is 11.5 Å². The van der Waals surface area contributed by atoms with Crippen molar-refractivity contribution in [1.29, 1.82) is 0 Å². The summed E-state index contributed by atoms with van der Waals surface area (Å²) in [5.74, 6) is 0. The summed E-state index contributed by atoms with van der Waals surface area (Å²) in [7, 11) is 0. The van der Waals surface area contributed by atoms with E-state index in [1.807, 2.05) is 36.4 Å². The van der Waals surface area contributed by atoms with Crippen molar-refractivity contribution in [2.75, 3.05) is 11.9 Å². The van der Waals surface area contributed by atoms with Crippen LogP contribution in [-0.2, 0) is 13.0 Å². The summed E-state index contributed by atoms with van der Waals surface area (Å²) in [6, 6.07) is 15.8. The van der Waals surface area contributed by atoms with Gasteiger partial charge in [-0.1, -0.05) is 40.9 Å². The molecule has 0 unspecified atom stereocenters. The van der Waals surface area contributed by atoms with E-state index >= 15 is 0 Å². The number of halogens is 3. The molecule has 4 N–H and O–H groups in total. The van der Waals surface area contributed by atoms with Gasteiger partial charge in [-0.25, -0.2) is 0 Å². The zero-order valence-corrected chi connectivity index (χ0v) is 16.7. The molecule has 4 aromatic rings. The van der Waals surface area contributed by atoms with E-state index in [0.717, 1.165) is 44.5 Å². The van der Waals surface area contributed by atoms with E-state index in [-0.39, 0.29) is 0 Å². The fourth-order valence-corrected chi connectivity index (χ4v) is 3.85. The second-order valence-electron chi connectivity index (χ2n) is 6.51. The molecule has 0 spiro atoms. The Morgan fingerprint density at radius 2 is 1.74 bits per heavy atom. The van der Waals surface area contributed by atoms with E-state index in [0.29, 0.717) is 23.1 Å². The van der Waals surface area contributed by atoms with Crippen molar-refractivity contribution in [3.05, 3.63) is 74.7 Å². The van der Waals surface area contributed by atoms with Gasteiger partial charge in [-0.05, 0) is 66.6 Å². The van der Waals surface area contributed by atoms with Crippen molar-refractivity contribution < 1.29 is 0 Å². The number of hydrogen-bond acceptors (Lipinski definition) is 2. The molecule has 138 valence electrons. The van der Waals surface area contributed by atoms with Crippen molar-refractivity contribution in [3.63, 3.8) is 0 Å². The predicted molar refractivity (Wildman–Crippen MR) is 117 cm³/mol. The van der Waals surface area contributed by atoms with Gasteiger partial charge in [0.25, 0.3) is 0 Å². The highest BCUT2D eigenvalue weighted by atomic mass is 35.5. The van der Waals surface area contributed by atoms with Crippen LogP contribution >= 0.6 is 34.8 Å². The second kappa shape index (κ2) is 7.61. The lowest BCUT2D eigenvalue weighted by molar-refractivity contribution is 0.974. The van der Waals surface area contributed by atoms with Gasteiger partial charge in [-0.2, -0.15) is 0 Å². The standard InChI is InChI=1S/C21H18Cl3N3/c22-14-2-4-20-16(9-14)17-10-15(8-13(5-6-25)21(17)27-20)26-11-12-1-3-18(23)19(24)7-12/h1-4,7-10,26-27H,5-6,11,25H2. The molecule has 27 heavy (non-hydrogen) atoms. The summed E-state index contributed by atoms with van der Waals surface area (Å²) in [6.07, 6.45) is 0.791. The molecule has 0 bridgehead atoms. The number of anilines is 1. The topological polar surface area (TPSA) is 53.8 Å². The van der Waals surface area contributed by atoms with Gasteiger partial charge in [0.05, 0.1) is 10.0 Å². The first kappa shape index (κ1) is 18.5. The van der Waals surface area contributed by atoms with Gasteiger partial charge >= 0.3 is 0 Å². The Bertz CT molecular complexity index is 1130. The number of fused-ring (bicyclic) bond motifs is 3. The van der Waals surface area contributed by atoms with Crippen molar-refractivity contribution in [1.82, 2.24) is 4.98 Å². The number of H-pyrrole nitrogens is 1. The monoisotopic (exact) mass is 417 g/mol. The molecule has 1 aromatic heterocycles. The van der Waals surface area contributed by atoms with E-state index in [1.54, 1.807) is 0 Å². The minimum atomic E-state index is 0.557. The molecule has 0 saturated carbocycles. The van der Waals surface area contributed by atoms with Crippen molar-refractivity contribution in [3.8, 4) is 0 Å². The minimum Gasteiger partial charge on any atom is -0.381 e. The van der Waals surface area contributed by atoms with Crippen LogP contribution in [0.25, 0.3) is 21.8 Å². The lowest BCUT2D eigenvalue weighted by Gasteiger charge is -2.11. The van der Waals surface area contributed by atoms with Crippen LogP contribution in [0.1, 0.15) is 11.1 Å². The first-order valence-electron chi connectivity index (χ1n) is 8.67. The summed E-state index contributed by atoms with van der Waals surface area (Å²) in [6.45, 7) is 1.23. The highest BCUT2D eigenvalue weighted by Crippen LogP contribution is 2.33. The van der Waals surface area contributed by atoms with Crippen molar-refractivity contribution in [2.45, 2.75) is 13.0 Å². The molecule has 0 amide bonds. The molecule has 0 aliphatic carbocycles. The summed E-state index contributed by atoms with van der Waals surface area (Å²) in [4.78, 5) is 3.50. The van der Waals surface area contributed by atoms with Gasteiger partial charge in [0.15, 0.2) is 0 Å². The Morgan fingerprint density at radius 3 is 2.52 bits per heavy atom. The Labute approximate surface area is 172 Å². The van der Waals surface area contributed by atoms with Crippen LogP contribution in [0.2, 0.25) is 15.1 Å². The molecule has 6 heteroatoms. The maximum absolute atomic E-state index is 6.21. The molecule has 3 nitrogen and oxygen atoms in total. The van der Waals surface area contributed by atoms with E-state index in [1.165, 1.54) is 5.56 Å². The van der Waals surface area contributed by atoms with E-state index in [4.69, 9.17) is 40.5 Å². The number of aromatic nitrogens is 1. The molecule has 4 rings (SSSR count). The quantitative estimate of drug-likeness (QED) is 0.351. The SMILES string of the molecule is NCCc1cc(NCc2ccc(Cl)c(Cl)c2)cc2c1[nH]c1ccc(Cl)cc12. The summed E-state index contributed by atoms with van der Waals surface area (Å²) >= 11 is 18.3. The van der Waals surface area contributed by atoms with Crippen LogP contribution in [0.3, 0.4) is 0 Å². The number of aromatic amines is 1. The average molecular weight is 419 g/mol. The molecule has 0 fully saturated rings. The smallest absolute Gasteiger partial charge is 0.0595 e. The Morgan fingerprint density at radius 1 is 0.889 bits per heavy atom. The number of benzene rings is 3. The van der Waals surface area contributed by atoms with E-state index < -0.39 is 0 Å². The largest absolute Gasteiger partial charge is 0.381 e. The average Bonchev–Trinajstić information content (AvgIpc) is 3.01. The second-order valence-corrected chi connectivity index (χ2v) is 7.76. The molecule has 0 saturated heterocycles. The Hall–Kier alpha value is -1.91. The fourth-order valence-electron chi connectivity index (χ4n) is 3.35. The molecule has 0 aliphatic heterocycles. The molecule has 0 radical (unpaired) electrons. The zero-order chi connectivity index (χ0) is 19.0. The van der Waals surface area contributed by atoms with Gasteiger partial charge in [-0.15, -0.1) is 0 Å². The van der Waals surface area contributed by atoms with Crippen LogP contribution in [0.5, 0.6) is 0 Å². The maximum atomic E-state index is 6.21. The zero-order valence-electron chi connectivity index (χ0n) is 14.5. The normalized spacial score (nSPS) is 11.4. The number of nitrogens with two attached hydrogens (primary N) is 1. The third kappa shape index (κ3) is 3.74. The Kier molecular flexibility index (Phi) is 5.20. The summed E-state index contributed by atoms with van der Waals surface area (Å²) < 4.78 is 0. The first-order valence-corrected chi connectivity index (χ1v) is 9.80. The highest BCUT2D eigenvalue weighted by Gasteiger charge is 2.11. The molecule has 1 heterocycles. The number of rotatable bonds is 5. The molecular weight excluding hydrogens is 401 g/mol. The summed E-state index contributed by atoms with van der Waals surface area (Å²) in [5, 5.41) is 7.55. The highest BCUT2D eigenvalue weighted by molar-refractivity contribution is 6.42. The van der Waals surface area contributed by atoms with Gasteiger partial charge in [-0.3, -0.25) is 0 Å². The lowest BCUT2D eigenvalue weighted by Crippen LogP contribution is -2.05. The lowest BCUT2D eigenvalue weighted by atomic mass is 10.0. The van der Waals surface area contributed by atoms with Gasteiger partial charge in [0.2, 0.25) is 0 Å². The molecule has 0 atom stereocenters. The Balaban J connectivity index is 1.74. The van der Waals surface area contributed by atoms with Crippen LogP contribution in [0.15, 0.2) is 48.5 Å². The number of hydrogen-bond donors (Lipinski definition) is 3.